The molecule has 7 heteroatoms. The summed E-state index contributed by atoms with van der Waals surface area (Å²) in [5.74, 6) is 1.74. The molecule has 2 aromatic rings. The largest absolute Gasteiger partial charge is 0.342 e. The summed E-state index contributed by atoms with van der Waals surface area (Å²) in [7, 11) is 1.89. The molecule has 1 heterocycles. The fraction of sp³-hybridized carbons (Fsp3) is 0.500. The van der Waals surface area contributed by atoms with Crippen LogP contribution in [-0.2, 0) is 4.79 Å². The molecule has 128 valence electrons. The van der Waals surface area contributed by atoms with Crippen molar-refractivity contribution in [2.45, 2.75) is 38.0 Å². The number of imidazole rings is 1. The number of hydrogen-bond donors (Lipinski definition) is 3. The zero-order valence-corrected chi connectivity index (χ0v) is 14.9. The number of fused-ring (bicyclic) bond motifs is 1. The van der Waals surface area contributed by atoms with Crippen LogP contribution < -0.4 is 10.6 Å². The van der Waals surface area contributed by atoms with Crippen molar-refractivity contribution < 1.29 is 4.79 Å². The van der Waals surface area contributed by atoms with E-state index in [9.17, 15) is 4.79 Å². The van der Waals surface area contributed by atoms with E-state index in [-0.39, 0.29) is 30.7 Å². The Kier molecular flexibility index (Phi) is 7.82. The van der Waals surface area contributed by atoms with Crippen molar-refractivity contribution in [2.24, 2.45) is 0 Å². The Hall–Kier alpha value is -1.30. The highest BCUT2D eigenvalue weighted by Gasteiger charge is 2.22. The second-order valence-corrected chi connectivity index (χ2v) is 5.74. The second-order valence-electron chi connectivity index (χ2n) is 5.74. The quantitative estimate of drug-likeness (QED) is 0.690. The van der Waals surface area contributed by atoms with Crippen molar-refractivity contribution in [2.75, 3.05) is 18.9 Å². The number of amides is 1. The number of benzene rings is 1. The monoisotopic (exact) mass is 358 g/mol. The summed E-state index contributed by atoms with van der Waals surface area (Å²) in [6.45, 7) is 0.859. The third kappa shape index (κ3) is 4.83. The van der Waals surface area contributed by atoms with E-state index in [0.29, 0.717) is 12.3 Å². The van der Waals surface area contributed by atoms with E-state index in [1.54, 1.807) is 0 Å². The normalized spacial score (nSPS) is 13.8. The lowest BCUT2D eigenvalue weighted by Crippen LogP contribution is -2.15. The number of nitrogens with one attached hydrogen (secondary N) is 3. The molecule has 23 heavy (non-hydrogen) atoms. The molecule has 0 aliphatic heterocycles. The predicted octanol–water partition coefficient (Wildman–Crippen LogP) is 3.61. The van der Waals surface area contributed by atoms with Gasteiger partial charge in [0.25, 0.3) is 0 Å². The number of carbonyl (C=O) groups excluding carboxylic acids is 1. The minimum Gasteiger partial charge on any atom is -0.342 e. The number of H-pyrrole nitrogens is 1. The molecule has 0 unspecified atom stereocenters. The number of anilines is 1. The van der Waals surface area contributed by atoms with E-state index in [1.165, 1.54) is 19.3 Å². The summed E-state index contributed by atoms with van der Waals surface area (Å²) in [4.78, 5) is 19.9. The molecule has 1 fully saturated rings. The van der Waals surface area contributed by atoms with Crippen molar-refractivity contribution in [1.29, 1.82) is 0 Å². The first-order valence-electron chi connectivity index (χ1n) is 7.70. The molecule has 3 N–H and O–H groups in total. The van der Waals surface area contributed by atoms with Gasteiger partial charge in [-0.25, -0.2) is 4.98 Å². The number of carbonyl (C=O) groups is 1. The first-order chi connectivity index (χ1) is 10.3. The number of aromatic amines is 1. The van der Waals surface area contributed by atoms with Crippen LogP contribution in [0.5, 0.6) is 0 Å². The summed E-state index contributed by atoms with van der Waals surface area (Å²) in [6.07, 6.45) is 5.15. The number of hydrogen-bond acceptors (Lipinski definition) is 3. The van der Waals surface area contributed by atoms with Crippen LogP contribution in [0.15, 0.2) is 18.2 Å². The van der Waals surface area contributed by atoms with Crippen LogP contribution in [0.1, 0.15) is 43.8 Å². The summed E-state index contributed by atoms with van der Waals surface area (Å²) in [5, 5.41) is 5.99. The maximum atomic E-state index is 11.8. The molecule has 0 radical (unpaired) electrons. The van der Waals surface area contributed by atoms with E-state index in [2.05, 4.69) is 20.6 Å². The van der Waals surface area contributed by atoms with Gasteiger partial charge in [0.15, 0.2) is 0 Å². The summed E-state index contributed by atoms with van der Waals surface area (Å²) < 4.78 is 0. The molecule has 5 nitrogen and oxygen atoms in total. The Labute approximate surface area is 148 Å². The number of rotatable bonds is 6. The van der Waals surface area contributed by atoms with Crippen molar-refractivity contribution in [3.05, 3.63) is 24.0 Å². The Morgan fingerprint density at radius 1 is 1.35 bits per heavy atom. The summed E-state index contributed by atoms with van der Waals surface area (Å²) in [6, 6.07) is 5.86. The molecule has 1 amide bonds. The predicted molar refractivity (Wildman–Crippen MR) is 99.0 cm³/mol. The smallest absolute Gasteiger partial charge is 0.224 e. The molecular formula is C16H24Cl2N4O. The van der Waals surface area contributed by atoms with E-state index in [0.717, 1.165) is 35.5 Å². The van der Waals surface area contributed by atoms with Crippen LogP contribution in [0.4, 0.5) is 5.69 Å². The van der Waals surface area contributed by atoms with Crippen LogP contribution in [0.2, 0.25) is 0 Å². The maximum absolute atomic E-state index is 11.8. The molecule has 3 rings (SSSR count). The van der Waals surface area contributed by atoms with Gasteiger partial charge in [0.2, 0.25) is 5.91 Å². The lowest BCUT2D eigenvalue weighted by Gasteiger charge is -2.22. The SMILES string of the molecule is CNCCCC(=O)Nc1ccc2nc(C3CCC3)[nH]c2c1.Cl.Cl. The van der Waals surface area contributed by atoms with Gasteiger partial charge in [-0.15, -0.1) is 24.8 Å². The van der Waals surface area contributed by atoms with Gasteiger partial charge >= 0.3 is 0 Å². The van der Waals surface area contributed by atoms with Crippen LogP contribution >= 0.6 is 24.8 Å². The highest BCUT2D eigenvalue weighted by Crippen LogP contribution is 2.35. The minimum absolute atomic E-state index is 0. The standard InChI is InChI=1S/C16H22N4O.2ClH/c1-17-9-3-6-15(21)18-12-7-8-13-14(10-12)20-16(19-13)11-4-2-5-11;;/h7-8,10-11,17H,2-6,9H2,1H3,(H,18,21)(H,19,20);2*1H. The first kappa shape index (κ1) is 19.7. The van der Waals surface area contributed by atoms with Crippen molar-refractivity contribution in [3.8, 4) is 0 Å². The highest BCUT2D eigenvalue weighted by atomic mass is 35.5. The Morgan fingerprint density at radius 2 is 2.13 bits per heavy atom. The number of nitrogens with zero attached hydrogens (tertiary/aromatic N) is 1. The molecular weight excluding hydrogens is 335 g/mol. The lowest BCUT2D eigenvalue weighted by atomic mass is 9.85. The van der Waals surface area contributed by atoms with E-state index < -0.39 is 0 Å². The van der Waals surface area contributed by atoms with Crippen molar-refractivity contribution >= 4 is 47.4 Å². The third-order valence-electron chi connectivity index (χ3n) is 4.11. The molecule has 1 saturated carbocycles. The third-order valence-corrected chi connectivity index (χ3v) is 4.11. The highest BCUT2D eigenvalue weighted by molar-refractivity contribution is 5.93. The fourth-order valence-electron chi connectivity index (χ4n) is 2.63. The van der Waals surface area contributed by atoms with Gasteiger partial charge < -0.3 is 15.6 Å². The number of aromatic nitrogens is 2. The van der Waals surface area contributed by atoms with Gasteiger partial charge in [0, 0.05) is 18.0 Å². The topological polar surface area (TPSA) is 69.8 Å². The Morgan fingerprint density at radius 3 is 2.78 bits per heavy atom. The molecule has 1 aliphatic rings. The second kappa shape index (κ2) is 9.11. The maximum Gasteiger partial charge on any atom is 0.224 e. The van der Waals surface area contributed by atoms with E-state index in [1.807, 2.05) is 25.2 Å². The average molecular weight is 359 g/mol. The van der Waals surface area contributed by atoms with Crippen LogP contribution in [0.25, 0.3) is 11.0 Å². The fourth-order valence-corrected chi connectivity index (χ4v) is 2.63. The summed E-state index contributed by atoms with van der Waals surface area (Å²) >= 11 is 0. The van der Waals surface area contributed by atoms with Gasteiger partial charge in [-0.3, -0.25) is 4.79 Å². The van der Waals surface area contributed by atoms with Crippen LogP contribution in [0, 0.1) is 0 Å². The minimum atomic E-state index is 0. The molecule has 1 aliphatic carbocycles. The number of halogens is 2. The van der Waals surface area contributed by atoms with Gasteiger partial charge in [-0.1, -0.05) is 6.42 Å². The molecule has 0 atom stereocenters. The van der Waals surface area contributed by atoms with E-state index in [4.69, 9.17) is 0 Å². The van der Waals surface area contributed by atoms with Gasteiger partial charge in [-0.2, -0.15) is 0 Å². The molecule has 1 aromatic carbocycles. The van der Waals surface area contributed by atoms with E-state index >= 15 is 0 Å². The molecule has 0 saturated heterocycles. The average Bonchev–Trinajstić information content (AvgIpc) is 2.79. The summed E-state index contributed by atoms with van der Waals surface area (Å²) in [5.41, 5.74) is 2.82. The molecule has 0 bridgehead atoms. The molecule has 0 spiro atoms. The van der Waals surface area contributed by atoms with Crippen molar-refractivity contribution in [3.63, 3.8) is 0 Å². The Bertz CT molecular complexity index is 640. The lowest BCUT2D eigenvalue weighted by molar-refractivity contribution is -0.116. The Balaban J connectivity index is 0.00000132. The van der Waals surface area contributed by atoms with Crippen molar-refractivity contribution in [1.82, 2.24) is 15.3 Å². The van der Waals surface area contributed by atoms with Crippen LogP contribution in [-0.4, -0.2) is 29.5 Å². The zero-order valence-electron chi connectivity index (χ0n) is 13.2. The van der Waals surface area contributed by atoms with Gasteiger partial charge in [-0.05, 0) is 51.1 Å². The molecule has 1 aromatic heterocycles. The zero-order chi connectivity index (χ0) is 14.7. The van der Waals surface area contributed by atoms with Crippen LogP contribution in [0.3, 0.4) is 0 Å². The van der Waals surface area contributed by atoms with Gasteiger partial charge in [0.1, 0.15) is 5.82 Å². The first-order valence-corrected chi connectivity index (χ1v) is 7.70. The van der Waals surface area contributed by atoms with Gasteiger partial charge in [0.05, 0.1) is 11.0 Å².